The molecule has 0 saturated heterocycles. The van der Waals surface area contributed by atoms with Crippen molar-refractivity contribution in [2.75, 3.05) is 11.2 Å². The molecule has 0 aliphatic carbocycles. The van der Waals surface area contributed by atoms with Crippen molar-refractivity contribution >= 4 is 17.4 Å². The molecule has 0 spiro atoms. The third-order valence-corrected chi connectivity index (χ3v) is 2.73. The molecule has 0 bridgehead atoms. The Kier molecular flexibility index (Phi) is 5.00. The van der Waals surface area contributed by atoms with Crippen molar-refractivity contribution in [1.82, 2.24) is 9.97 Å². The number of nitrogens with zero attached hydrogens (tertiary/aromatic N) is 2. The second kappa shape index (κ2) is 6.04. The predicted octanol–water partition coefficient (Wildman–Crippen LogP) is 3.16. The molecule has 0 fully saturated rings. The predicted molar refractivity (Wildman–Crippen MR) is 69.1 cm³/mol. The van der Waals surface area contributed by atoms with Gasteiger partial charge in [0.05, 0.1) is 11.4 Å². The van der Waals surface area contributed by atoms with E-state index < -0.39 is 0 Å². The van der Waals surface area contributed by atoms with Crippen LogP contribution in [0.3, 0.4) is 0 Å². The van der Waals surface area contributed by atoms with Gasteiger partial charge in [0.25, 0.3) is 0 Å². The minimum atomic E-state index is 0.261. The fourth-order valence-electron chi connectivity index (χ4n) is 1.60. The Morgan fingerprint density at radius 3 is 2.62 bits per heavy atom. The first kappa shape index (κ1) is 13.2. The van der Waals surface area contributed by atoms with Gasteiger partial charge in [0.1, 0.15) is 5.82 Å². The van der Waals surface area contributed by atoms with Gasteiger partial charge in [-0.1, -0.05) is 13.8 Å². The van der Waals surface area contributed by atoms with Gasteiger partial charge in [0.15, 0.2) is 0 Å². The van der Waals surface area contributed by atoms with E-state index >= 15 is 0 Å². The molecule has 16 heavy (non-hydrogen) atoms. The summed E-state index contributed by atoms with van der Waals surface area (Å²) in [5.74, 6) is 2.06. The van der Waals surface area contributed by atoms with Crippen LogP contribution in [0, 0.1) is 19.8 Å². The average molecular weight is 242 g/mol. The van der Waals surface area contributed by atoms with Crippen molar-refractivity contribution in [2.45, 2.75) is 40.2 Å². The van der Waals surface area contributed by atoms with Crippen LogP contribution in [0.1, 0.15) is 31.7 Å². The molecule has 0 aliphatic rings. The quantitative estimate of drug-likeness (QED) is 0.805. The Bertz CT molecular complexity index is 339. The van der Waals surface area contributed by atoms with Gasteiger partial charge < -0.3 is 5.32 Å². The van der Waals surface area contributed by atoms with Crippen LogP contribution in [0.2, 0.25) is 0 Å². The highest BCUT2D eigenvalue weighted by Gasteiger charge is 2.12. The molecular formula is C12H20ClN3. The molecule has 1 aromatic heterocycles. The number of aryl methyl sites for hydroxylation is 2. The molecule has 1 atom stereocenters. The third kappa shape index (κ3) is 3.97. The topological polar surface area (TPSA) is 37.8 Å². The molecule has 0 saturated carbocycles. The van der Waals surface area contributed by atoms with Gasteiger partial charge in [-0.25, -0.2) is 4.98 Å². The minimum absolute atomic E-state index is 0.261. The molecule has 0 aliphatic heterocycles. The Balaban J connectivity index is 2.73. The lowest BCUT2D eigenvalue weighted by atomic mass is 10.1. The number of rotatable bonds is 5. The minimum Gasteiger partial charge on any atom is -0.365 e. The Morgan fingerprint density at radius 1 is 1.38 bits per heavy atom. The van der Waals surface area contributed by atoms with E-state index in [1.807, 2.05) is 13.8 Å². The summed E-state index contributed by atoms with van der Waals surface area (Å²) in [5, 5.41) is 3.36. The van der Waals surface area contributed by atoms with Crippen LogP contribution >= 0.6 is 11.6 Å². The molecule has 0 amide bonds. The third-order valence-electron chi connectivity index (χ3n) is 2.36. The summed E-state index contributed by atoms with van der Waals surface area (Å²) in [4.78, 5) is 8.71. The zero-order chi connectivity index (χ0) is 12.1. The summed E-state index contributed by atoms with van der Waals surface area (Å²) in [6.45, 7) is 8.28. The number of aromatic nitrogens is 2. The number of nitrogens with one attached hydrogen (secondary N) is 1. The number of halogens is 1. The Morgan fingerprint density at radius 2 is 2.06 bits per heavy atom. The van der Waals surface area contributed by atoms with E-state index in [4.69, 9.17) is 11.6 Å². The first-order valence-electron chi connectivity index (χ1n) is 5.65. The fraction of sp³-hybridized carbons (Fsp3) is 0.667. The molecule has 1 N–H and O–H groups in total. The molecule has 3 nitrogen and oxygen atoms in total. The normalized spacial score (nSPS) is 12.9. The van der Waals surface area contributed by atoms with Crippen molar-refractivity contribution < 1.29 is 0 Å². The lowest BCUT2D eigenvalue weighted by Gasteiger charge is -2.19. The maximum Gasteiger partial charge on any atom is 0.148 e. The molecule has 0 radical (unpaired) electrons. The van der Waals surface area contributed by atoms with Crippen molar-refractivity contribution in [3.63, 3.8) is 0 Å². The molecular weight excluding hydrogens is 222 g/mol. The van der Waals surface area contributed by atoms with Crippen LogP contribution in [-0.4, -0.2) is 21.9 Å². The van der Waals surface area contributed by atoms with Crippen molar-refractivity contribution in [2.24, 2.45) is 5.92 Å². The molecule has 1 heterocycles. The van der Waals surface area contributed by atoms with E-state index in [1.165, 1.54) is 0 Å². The molecule has 90 valence electrons. The maximum atomic E-state index is 5.94. The molecule has 1 aromatic rings. The van der Waals surface area contributed by atoms with Gasteiger partial charge in [0, 0.05) is 18.1 Å². The van der Waals surface area contributed by atoms with Crippen LogP contribution in [0.5, 0.6) is 0 Å². The Hall–Kier alpha value is -0.830. The molecule has 0 aromatic carbocycles. The van der Waals surface area contributed by atoms with Gasteiger partial charge in [0.2, 0.25) is 0 Å². The van der Waals surface area contributed by atoms with E-state index in [1.54, 1.807) is 6.20 Å². The van der Waals surface area contributed by atoms with E-state index in [2.05, 4.69) is 29.1 Å². The molecule has 1 unspecified atom stereocenters. The molecule has 1 rings (SSSR count). The number of alkyl halides is 1. The lowest BCUT2D eigenvalue weighted by Crippen LogP contribution is -2.24. The van der Waals surface area contributed by atoms with Gasteiger partial charge in [-0.05, 0) is 26.2 Å². The summed E-state index contributed by atoms with van der Waals surface area (Å²) in [6, 6.07) is 0.261. The highest BCUT2D eigenvalue weighted by atomic mass is 35.5. The van der Waals surface area contributed by atoms with Crippen molar-refractivity contribution in [1.29, 1.82) is 0 Å². The first-order chi connectivity index (χ1) is 7.52. The first-order valence-corrected chi connectivity index (χ1v) is 6.19. The van der Waals surface area contributed by atoms with E-state index in [0.29, 0.717) is 11.8 Å². The molecule has 4 heteroatoms. The fourth-order valence-corrected chi connectivity index (χ4v) is 1.80. The monoisotopic (exact) mass is 241 g/mol. The second-order valence-corrected chi connectivity index (χ2v) is 4.88. The van der Waals surface area contributed by atoms with Crippen LogP contribution in [-0.2, 0) is 0 Å². The van der Waals surface area contributed by atoms with E-state index in [-0.39, 0.29) is 6.04 Å². The van der Waals surface area contributed by atoms with Gasteiger partial charge >= 0.3 is 0 Å². The standard InChI is InChI=1S/C12H20ClN3/c1-8(2)5-11(6-13)16-12-10(4)14-7-9(3)15-12/h7-8,11H,5-6H2,1-4H3,(H,15,16). The number of hydrogen-bond donors (Lipinski definition) is 1. The summed E-state index contributed by atoms with van der Waals surface area (Å²) in [7, 11) is 0. The van der Waals surface area contributed by atoms with Gasteiger partial charge in [-0.3, -0.25) is 4.98 Å². The summed E-state index contributed by atoms with van der Waals surface area (Å²) < 4.78 is 0. The highest BCUT2D eigenvalue weighted by molar-refractivity contribution is 6.18. The number of hydrogen-bond acceptors (Lipinski definition) is 3. The average Bonchev–Trinajstić information content (AvgIpc) is 2.21. The highest BCUT2D eigenvalue weighted by Crippen LogP contribution is 2.15. The van der Waals surface area contributed by atoms with Crippen molar-refractivity contribution in [3.8, 4) is 0 Å². The van der Waals surface area contributed by atoms with Crippen LogP contribution in [0.25, 0.3) is 0 Å². The number of anilines is 1. The van der Waals surface area contributed by atoms with E-state index in [0.717, 1.165) is 23.6 Å². The summed E-state index contributed by atoms with van der Waals surface area (Å²) in [5.41, 5.74) is 1.84. The van der Waals surface area contributed by atoms with E-state index in [9.17, 15) is 0 Å². The van der Waals surface area contributed by atoms with Gasteiger partial charge in [-0.2, -0.15) is 0 Å². The van der Waals surface area contributed by atoms with Crippen LogP contribution in [0.15, 0.2) is 6.20 Å². The SMILES string of the molecule is Cc1cnc(C)c(NC(CCl)CC(C)C)n1. The Labute approximate surface area is 103 Å². The smallest absolute Gasteiger partial charge is 0.148 e. The zero-order valence-electron chi connectivity index (χ0n) is 10.4. The largest absolute Gasteiger partial charge is 0.365 e. The maximum absolute atomic E-state index is 5.94. The lowest BCUT2D eigenvalue weighted by molar-refractivity contribution is 0.541. The summed E-state index contributed by atoms with van der Waals surface area (Å²) >= 11 is 5.94. The van der Waals surface area contributed by atoms with Gasteiger partial charge in [-0.15, -0.1) is 11.6 Å². The van der Waals surface area contributed by atoms with Crippen LogP contribution < -0.4 is 5.32 Å². The van der Waals surface area contributed by atoms with Crippen molar-refractivity contribution in [3.05, 3.63) is 17.6 Å². The zero-order valence-corrected chi connectivity index (χ0v) is 11.2. The van der Waals surface area contributed by atoms with Crippen LogP contribution in [0.4, 0.5) is 5.82 Å². The summed E-state index contributed by atoms with van der Waals surface area (Å²) in [6.07, 6.45) is 2.82. The second-order valence-electron chi connectivity index (χ2n) is 4.57.